The van der Waals surface area contributed by atoms with Gasteiger partial charge in [-0.15, -0.1) is 0 Å². The normalized spacial score (nSPS) is 11.1. The number of aryl methyl sites for hydroxylation is 1. The molecule has 0 unspecified atom stereocenters. The largest absolute Gasteiger partial charge is 0.321 e. The van der Waals surface area contributed by atoms with Gasteiger partial charge in [0.25, 0.3) is 0 Å². The summed E-state index contributed by atoms with van der Waals surface area (Å²) in [5.41, 5.74) is 2.75. The van der Waals surface area contributed by atoms with Gasteiger partial charge in [0.15, 0.2) is 0 Å². The van der Waals surface area contributed by atoms with Gasteiger partial charge in [0.2, 0.25) is 5.91 Å². The second kappa shape index (κ2) is 8.93. The molecular weight excluding hydrogens is 378 g/mol. The number of hydrogen-bond acceptors (Lipinski definition) is 3. The highest BCUT2D eigenvalue weighted by Gasteiger charge is 2.07. The molecule has 0 saturated carbocycles. The quantitative estimate of drug-likeness (QED) is 0.545. The molecule has 0 aliphatic heterocycles. The summed E-state index contributed by atoms with van der Waals surface area (Å²) in [5.74, 6) is -0.178. The summed E-state index contributed by atoms with van der Waals surface area (Å²) in [6.07, 6.45) is 5.10. The average Bonchev–Trinajstić information content (AvgIpc) is 3.03. The zero-order valence-electron chi connectivity index (χ0n) is 15.1. The predicted molar refractivity (Wildman–Crippen MR) is 112 cm³/mol. The summed E-state index contributed by atoms with van der Waals surface area (Å²) in [6.45, 7) is 4.84. The molecular formula is C21H20ClN3OS. The summed E-state index contributed by atoms with van der Waals surface area (Å²) in [4.78, 5) is 14.4. The van der Waals surface area contributed by atoms with Crippen molar-refractivity contribution in [3.8, 4) is 0 Å². The maximum Gasteiger partial charge on any atom is 0.248 e. The predicted octanol–water partition coefficient (Wildman–Crippen LogP) is 5.67. The third kappa shape index (κ3) is 5.02. The van der Waals surface area contributed by atoms with E-state index >= 15 is 0 Å². The highest BCUT2D eigenvalue weighted by Crippen LogP contribution is 2.33. The monoisotopic (exact) mass is 397 g/mol. The summed E-state index contributed by atoms with van der Waals surface area (Å²) in [7, 11) is 0. The van der Waals surface area contributed by atoms with Crippen LogP contribution in [0.3, 0.4) is 0 Å². The molecule has 0 saturated heterocycles. The molecule has 3 rings (SSSR count). The van der Waals surface area contributed by atoms with Gasteiger partial charge in [-0.05, 0) is 56.3 Å². The number of anilines is 1. The van der Waals surface area contributed by atoms with E-state index < -0.39 is 0 Å². The highest BCUT2D eigenvalue weighted by atomic mass is 35.5. The van der Waals surface area contributed by atoms with Gasteiger partial charge in [-0.2, -0.15) is 5.10 Å². The summed E-state index contributed by atoms with van der Waals surface area (Å²) >= 11 is 7.52. The Kier molecular flexibility index (Phi) is 6.37. The number of hydrogen-bond donors (Lipinski definition) is 1. The minimum absolute atomic E-state index is 0.178. The second-order valence-corrected chi connectivity index (χ2v) is 7.43. The molecule has 0 radical (unpaired) electrons. The Hall–Kier alpha value is -2.50. The van der Waals surface area contributed by atoms with Crippen LogP contribution >= 0.6 is 23.4 Å². The smallest absolute Gasteiger partial charge is 0.248 e. The molecule has 0 aliphatic rings. The van der Waals surface area contributed by atoms with Crippen LogP contribution in [0.25, 0.3) is 6.08 Å². The van der Waals surface area contributed by atoms with Crippen molar-refractivity contribution in [1.29, 1.82) is 0 Å². The third-order valence-electron chi connectivity index (χ3n) is 4.04. The molecule has 4 nitrogen and oxygen atoms in total. The van der Waals surface area contributed by atoms with Crippen LogP contribution in [0.15, 0.2) is 70.6 Å². The number of carbonyl (C=O) groups excluding carboxylic acids is 1. The van der Waals surface area contributed by atoms with Gasteiger partial charge in [0, 0.05) is 38.7 Å². The molecule has 0 aliphatic carbocycles. The molecule has 1 amide bonds. The number of rotatable bonds is 6. The first kappa shape index (κ1) is 19.3. The van der Waals surface area contributed by atoms with Gasteiger partial charge >= 0.3 is 0 Å². The Labute approximate surface area is 168 Å². The minimum Gasteiger partial charge on any atom is -0.321 e. The molecule has 2 aromatic carbocycles. The molecule has 6 heteroatoms. The fourth-order valence-electron chi connectivity index (χ4n) is 2.57. The van der Waals surface area contributed by atoms with Crippen molar-refractivity contribution in [1.82, 2.24) is 9.78 Å². The Bertz CT molecular complexity index is 964. The Morgan fingerprint density at radius 2 is 1.96 bits per heavy atom. The number of para-hydroxylation sites is 1. The van der Waals surface area contributed by atoms with Crippen LogP contribution in [-0.2, 0) is 11.3 Å². The van der Waals surface area contributed by atoms with Crippen LogP contribution in [0.4, 0.5) is 5.69 Å². The van der Waals surface area contributed by atoms with E-state index in [1.54, 1.807) is 24.0 Å². The van der Waals surface area contributed by atoms with Gasteiger partial charge in [-0.25, -0.2) is 0 Å². The lowest BCUT2D eigenvalue weighted by atomic mass is 10.2. The van der Waals surface area contributed by atoms with E-state index in [1.165, 1.54) is 6.08 Å². The number of carbonyl (C=O) groups is 1. The molecule has 0 atom stereocenters. The number of amides is 1. The fourth-order valence-corrected chi connectivity index (χ4v) is 3.60. The number of aromatic nitrogens is 2. The lowest BCUT2D eigenvalue weighted by Gasteiger charge is -2.09. The van der Waals surface area contributed by atoms with E-state index in [0.717, 1.165) is 33.3 Å². The van der Waals surface area contributed by atoms with E-state index in [0.29, 0.717) is 5.02 Å². The molecule has 0 bridgehead atoms. The van der Waals surface area contributed by atoms with Gasteiger partial charge in [0.05, 0.1) is 11.9 Å². The molecule has 1 heterocycles. The first-order valence-electron chi connectivity index (χ1n) is 8.60. The van der Waals surface area contributed by atoms with E-state index in [4.69, 9.17) is 11.6 Å². The Balaban J connectivity index is 1.71. The van der Waals surface area contributed by atoms with Crippen LogP contribution in [0.1, 0.15) is 18.2 Å². The lowest BCUT2D eigenvalue weighted by molar-refractivity contribution is -0.111. The van der Waals surface area contributed by atoms with Crippen molar-refractivity contribution in [3.63, 3.8) is 0 Å². The summed E-state index contributed by atoms with van der Waals surface area (Å²) < 4.78 is 1.90. The summed E-state index contributed by atoms with van der Waals surface area (Å²) in [5, 5.41) is 7.94. The number of nitrogens with zero attached hydrogens (tertiary/aromatic N) is 2. The lowest BCUT2D eigenvalue weighted by Crippen LogP contribution is -2.08. The number of nitrogens with one attached hydrogen (secondary N) is 1. The van der Waals surface area contributed by atoms with Crippen molar-refractivity contribution in [2.24, 2.45) is 0 Å². The van der Waals surface area contributed by atoms with Crippen molar-refractivity contribution in [2.45, 2.75) is 30.2 Å². The Morgan fingerprint density at radius 3 is 2.67 bits per heavy atom. The minimum atomic E-state index is -0.178. The Morgan fingerprint density at radius 1 is 1.22 bits per heavy atom. The molecule has 1 aromatic heterocycles. The van der Waals surface area contributed by atoms with Crippen molar-refractivity contribution in [2.75, 3.05) is 5.32 Å². The van der Waals surface area contributed by atoms with Crippen LogP contribution in [0, 0.1) is 6.92 Å². The van der Waals surface area contributed by atoms with E-state index in [1.807, 2.05) is 67.1 Å². The molecule has 0 fully saturated rings. The maximum absolute atomic E-state index is 12.4. The zero-order valence-corrected chi connectivity index (χ0v) is 16.7. The fraction of sp³-hybridized carbons (Fsp3) is 0.143. The number of benzene rings is 2. The molecule has 0 spiro atoms. The average molecular weight is 398 g/mol. The van der Waals surface area contributed by atoms with Crippen LogP contribution in [0.2, 0.25) is 5.02 Å². The van der Waals surface area contributed by atoms with Gasteiger partial charge in [-0.1, -0.05) is 35.5 Å². The van der Waals surface area contributed by atoms with Crippen molar-refractivity contribution >= 4 is 41.0 Å². The number of halogens is 1. The van der Waals surface area contributed by atoms with E-state index in [-0.39, 0.29) is 5.91 Å². The first-order valence-corrected chi connectivity index (χ1v) is 9.80. The third-order valence-corrected chi connectivity index (χ3v) is 5.38. The SMILES string of the molecule is CCn1ncc(/C=C/C(=O)Nc2ccccc2Sc2ccc(Cl)cc2)c1C. The van der Waals surface area contributed by atoms with E-state index in [2.05, 4.69) is 10.4 Å². The van der Waals surface area contributed by atoms with Crippen molar-refractivity contribution < 1.29 is 4.79 Å². The molecule has 138 valence electrons. The van der Waals surface area contributed by atoms with Crippen LogP contribution in [0.5, 0.6) is 0 Å². The second-order valence-electron chi connectivity index (χ2n) is 5.88. The first-order chi connectivity index (χ1) is 13.1. The topological polar surface area (TPSA) is 46.9 Å². The zero-order chi connectivity index (χ0) is 19.2. The standard InChI is InChI=1S/C21H20ClN3OS/c1-3-25-15(2)16(14-23-25)8-13-21(26)24-19-6-4-5-7-20(19)27-18-11-9-17(22)10-12-18/h4-14H,3H2,1-2H3,(H,24,26)/b13-8+. The van der Waals surface area contributed by atoms with Crippen LogP contribution < -0.4 is 5.32 Å². The summed E-state index contributed by atoms with van der Waals surface area (Å²) in [6, 6.07) is 15.4. The van der Waals surface area contributed by atoms with Gasteiger partial charge in [0.1, 0.15) is 0 Å². The van der Waals surface area contributed by atoms with Gasteiger partial charge in [-0.3, -0.25) is 9.48 Å². The van der Waals surface area contributed by atoms with Crippen molar-refractivity contribution in [3.05, 3.63) is 77.1 Å². The molecule has 3 aromatic rings. The molecule has 1 N–H and O–H groups in total. The van der Waals surface area contributed by atoms with E-state index in [9.17, 15) is 4.79 Å². The maximum atomic E-state index is 12.4. The molecule has 27 heavy (non-hydrogen) atoms. The van der Waals surface area contributed by atoms with Crippen LogP contribution in [-0.4, -0.2) is 15.7 Å². The van der Waals surface area contributed by atoms with Gasteiger partial charge < -0.3 is 5.32 Å². The highest BCUT2D eigenvalue weighted by molar-refractivity contribution is 7.99.